The van der Waals surface area contributed by atoms with Crippen LogP contribution in [-0.4, -0.2) is 4.57 Å². The number of fused-ring (bicyclic) bond motifs is 4. The van der Waals surface area contributed by atoms with Gasteiger partial charge in [0.05, 0.1) is 28.1 Å². The van der Waals surface area contributed by atoms with Gasteiger partial charge in [0.1, 0.15) is 0 Å². The van der Waals surface area contributed by atoms with Crippen molar-refractivity contribution in [2.45, 2.75) is 0 Å². The van der Waals surface area contributed by atoms with Crippen LogP contribution in [0.3, 0.4) is 0 Å². The van der Waals surface area contributed by atoms with E-state index >= 15 is 0 Å². The van der Waals surface area contributed by atoms with Gasteiger partial charge in [-0.15, -0.1) is 0 Å². The second kappa shape index (κ2) is 15.1. The molecule has 0 spiro atoms. The number of benzene rings is 10. The van der Waals surface area contributed by atoms with Gasteiger partial charge >= 0.3 is 0 Å². The summed E-state index contributed by atoms with van der Waals surface area (Å²) in [4.78, 5) is 2.49. The molecular weight excluding hydrogens is 725 g/mol. The number of nitrogens with zero attached hydrogens (tertiary/aromatic N) is 2. The molecule has 0 unspecified atom stereocenters. The van der Waals surface area contributed by atoms with E-state index < -0.39 is 0 Å². The molecule has 60 heavy (non-hydrogen) atoms. The molecule has 0 radical (unpaired) electrons. The van der Waals surface area contributed by atoms with Crippen molar-refractivity contribution in [3.05, 3.63) is 243 Å². The summed E-state index contributed by atoms with van der Waals surface area (Å²) in [5.74, 6) is 0. The fourth-order valence-corrected chi connectivity index (χ4v) is 9.05. The highest BCUT2D eigenvalue weighted by atomic mass is 15.2. The van der Waals surface area contributed by atoms with Crippen LogP contribution < -0.4 is 4.90 Å². The first-order valence-electron chi connectivity index (χ1n) is 20.6. The molecule has 11 aromatic rings. The molecule has 0 bridgehead atoms. The molecule has 11 rings (SSSR count). The Kier molecular flexibility index (Phi) is 8.87. The summed E-state index contributed by atoms with van der Waals surface area (Å²) in [6, 6.07) is 88.0. The molecular formula is C58H40N2. The van der Waals surface area contributed by atoms with Crippen molar-refractivity contribution < 1.29 is 0 Å². The molecule has 2 nitrogen and oxygen atoms in total. The number of aromatic nitrogens is 1. The highest BCUT2D eigenvalue weighted by Gasteiger charge is 2.25. The van der Waals surface area contributed by atoms with E-state index in [2.05, 4.69) is 252 Å². The zero-order valence-corrected chi connectivity index (χ0v) is 33.0. The molecule has 0 fully saturated rings. The molecule has 10 aromatic carbocycles. The van der Waals surface area contributed by atoms with E-state index in [-0.39, 0.29) is 0 Å². The van der Waals surface area contributed by atoms with Crippen LogP contribution in [0.25, 0.3) is 82.8 Å². The predicted octanol–water partition coefficient (Wildman–Crippen LogP) is 16.1. The van der Waals surface area contributed by atoms with Crippen molar-refractivity contribution in [1.29, 1.82) is 0 Å². The summed E-state index contributed by atoms with van der Waals surface area (Å²) in [7, 11) is 0. The monoisotopic (exact) mass is 764 g/mol. The van der Waals surface area contributed by atoms with Crippen molar-refractivity contribution in [2.75, 3.05) is 4.90 Å². The number of hydrogen-bond acceptors (Lipinski definition) is 1. The molecule has 0 aliphatic carbocycles. The van der Waals surface area contributed by atoms with Gasteiger partial charge in [-0.1, -0.05) is 194 Å². The number of anilines is 3. The van der Waals surface area contributed by atoms with Crippen LogP contribution in [0.2, 0.25) is 0 Å². The standard InChI is InChI=1S/C58H40N2/c1-4-20-42(21-5-1)48-38-37-47(40-52(48)46-36-35-41-19-10-11-26-45(41)39-46)59-55-32-17-14-29-51(55)58-56(59)33-18-34-57(58)60(53-30-15-12-27-49(53)43-22-6-2-7-23-43)54-31-16-13-28-50(54)44-24-8-3-9-25-44/h1-40H. The highest BCUT2D eigenvalue weighted by molar-refractivity contribution is 6.17. The smallest absolute Gasteiger partial charge is 0.0562 e. The van der Waals surface area contributed by atoms with Gasteiger partial charge in [0.2, 0.25) is 0 Å². The van der Waals surface area contributed by atoms with E-state index in [9.17, 15) is 0 Å². The largest absolute Gasteiger partial charge is 0.309 e. The van der Waals surface area contributed by atoms with Crippen LogP contribution in [0.1, 0.15) is 0 Å². The Balaban J connectivity index is 1.19. The SMILES string of the molecule is c1ccc(-c2ccc(-n3c4ccccc4c4c(N(c5ccccc5-c5ccccc5)c5ccccc5-c5ccccc5)cccc43)cc2-c2ccc3ccccc3c2)cc1. The van der Waals surface area contributed by atoms with E-state index in [1.165, 1.54) is 66.1 Å². The van der Waals surface area contributed by atoms with Crippen molar-refractivity contribution in [1.82, 2.24) is 4.57 Å². The molecule has 2 heteroatoms. The summed E-state index contributed by atoms with van der Waals surface area (Å²) >= 11 is 0. The molecule has 0 N–H and O–H groups in total. The Morgan fingerprint density at radius 1 is 0.283 bits per heavy atom. The summed E-state index contributed by atoms with van der Waals surface area (Å²) in [6.07, 6.45) is 0. The average molecular weight is 765 g/mol. The van der Waals surface area contributed by atoms with Crippen LogP contribution in [0.4, 0.5) is 17.1 Å². The zero-order valence-electron chi connectivity index (χ0n) is 33.0. The Morgan fingerprint density at radius 3 is 1.47 bits per heavy atom. The third-order valence-electron chi connectivity index (χ3n) is 11.8. The molecule has 0 amide bonds. The Hall–Kier alpha value is -7.94. The maximum Gasteiger partial charge on any atom is 0.0562 e. The van der Waals surface area contributed by atoms with Gasteiger partial charge < -0.3 is 9.47 Å². The van der Waals surface area contributed by atoms with Crippen molar-refractivity contribution in [3.8, 4) is 50.2 Å². The van der Waals surface area contributed by atoms with Gasteiger partial charge in [-0.25, -0.2) is 0 Å². The first kappa shape index (κ1) is 35.2. The Morgan fingerprint density at radius 2 is 0.800 bits per heavy atom. The molecule has 1 aromatic heterocycles. The van der Waals surface area contributed by atoms with Gasteiger partial charge in [0.15, 0.2) is 0 Å². The lowest BCUT2D eigenvalue weighted by atomic mass is 9.92. The lowest BCUT2D eigenvalue weighted by molar-refractivity contribution is 1.18. The van der Waals surface area contributed by atoms with Gasteiger partial charge in [0, 0.05) is 27.6 Å². The summed E-state index contributed by atoms with van der Waals surface area (Å²) in [5, 5.41) is 4.86. The molecule has 0 saturated carbocycles. The van der Waals surface area contributed by atoms with Crippen LogP contribution in [-0.2, 0) is 0 Å². The fourth-order valence-electron chi connectivity index (χ4n) is 9.05. The third-order valence-corrected chi connectivity index (χ3v) is 11.8. The van der Waals surface area contributed by atoms with E-state index in [0.717, 1.165) is 33.8 Å². The van der Waals surface area contributed by atoms with Gasteiger partial charge in [0.25, 0.3) is 0 Å². The van der Waals surface area contributed by atoms with E-state index in [1.54, 1.807) is 0 Å². The second-order valence-electron chi connectivity index (χ2n) is 15.3. The summed E-state index contributed by atoms with van der Waals surface area (Å²) < 4.78 is 2.46. The molecule has 0 saturated heterocycles. The molecule has 0 aliphatic rings. The van der Waals surface area contributed by atoms with E-state index in [0.29, 0.717) is 0 Å². The molecule has 282 valence electrons. The number of para-hydroxylation sites is 3. The summed E-state index contributed by atoms with van der Waals surface area (Å²) in [6.45, 7) is 0. The quantitative estimate of drug-likeness (QED) is 0.150. The fraction of sp³-hybridized carbons (Fsp3) is 0. The lowest BCUT2D eigenvalue weighted by Gasteiger charge is -2.30. The van der Waals surface area contributed by atoms with Crippen molar-refractivity contribution in [3.63, 3.8) is 0 Å². The number of hydrogen-bond donors (Lipinski definition) is 0. The van der Waals surface area contributed by atoms with Crippen LogP contribution in [0.5, 0.6) is 0 Å². The normalized spacial score (nSPS) is 11.3. The number of rotatable bonds is 8. The van der Waals surface area contributed by atoms with Gasteiger partial charge in [-0.3, -0.25) is 0 Å². The Labute approximate surface area is 350 Å². The van der Waals surface area contributed by atoms with Gasteiger partial charge in [-0.05, 0) is 92.7 Å². The van der Waals surface area contributed by atoms with Crippen molar-refractivity contribution in [2.24, 2.45) is 0 Å². The van der Waals surface area contributed by atoms with Crippen LogP contribution in [0.15, 0.2) is 243 Å². The second-order valence-corrected chi connectivity index (χ2v) is 15.3. The molecule has 1 heterocycles. The van der Waals surface area contributed by atoms with E-state index in [4.69, 9.17) is 0 Å². The first-order chi connectivity index (χ1) is 29.8. The predicted molar refractivity (Wildman–Crippen MR) is 255 cm³/mol. The third kappa shape index (κ3) is 6.14. The van der Waals surface area contributed by atoms with Gasteiger partial charge in [-0.2, -0.15) is 0 Å². The average Bonchev–Trinajstić information content (AvgIpc) is 3.67. The lowest BCUT2D eigenvalue weighted by Crippen LogP contribution is -2.13. The molecule has 0 aliphatic heterocycles. The van der Waals surface area contributed by atoms with E-state index in [1.807, 2.05) is 0 Å². The Bertz CT molecular complexity index is 3230. The maximum atomic E-state index is 2.49. The minimum Gasteiger partial charge on any atom is -0.309 e. The minimum absolute atomic E-state index is 1.11. The first-order valence-corrected chi connectivity index (χ1v) is 20.6. The highest BCUT2D eigenvalue weighted by Crippen LogP contribution is 2.49. The minimum atomic E-state index is 1.11. The zero-order chi connectivity index (χ0) is 39.8. The summed E-state index contributed by atoms with van der Waals surface area (Å²) in [5.41, 5.74) is 16.2. The van der Waals surface area contributed by atoms with Crippen LogP contribution >= 0.6 is 0 Å². The van der Waals surface area contributed by atoms with Crippen molar-refractivity contribution >= 4 is 49.6 Å². The topological polar surface area (TPSA) is 8.17 Å². The van der Waals surface area contributed by atoms with Crippen LogP contribution in [0, 0.1) is 0 Å². The molecule has 0 atom stereocenters. The maximum absolute atomic E-state index is 2.49.